The second-order valence-corrected chi connectivity index (χ2v) is 7.95. The highest BCUT2D eigenvalue weighted by Crippen LogP contribution is 2.23. The summed E-state index contributed by atoms with van der Waals surface area (Å²) in [7, 11) is 1.74. The summed E-state index contributed by atoms with van der Waals surface area (Å²) in [6, 6.07) is 13.3. The molecule has 9 heteroatoms. The molecule has 2 aromatic carbocycles. The zero-order chi connectivity index (χ0) is 23.4. The number of nitrogens with one attached hydrogen (secondary N) is 2. The minimum absolute atomic E-state index is 0.0100. The molecule has 33 heavy (non-hydrogen) atoms. The van der Waals surface area contributed by atoms with Crippen LogP contribution in [0.3, 0.4) is 0 Å². The van der Waals surface area contributed by atoms with E-state index in [0.29, 0.717) is 31.6 Å². The zero-order valence-corrected chi connectivity index (χ0v) is 18.1. The molecule has 3 amide bonds. The van der Waals surface area contributed by atoms with E-state index in [1.807, 2.05) is 18.2 Å². The maximum atomic E-state index is 13.4. The van der Waals surface area contributed by atoms with Crippen LogP contribution in [0.25, 0.3) is 11.1 Å². The van der Waals surface area contributed by atoms with Crippen LogP contribution in [0.4, 0.5) is 14.9 Å². The zero-order valence-electron chi connectivity index (χ0n) is 18.1. The van der Waals surface area contributed by atoms with Crippen molar-refractivity contribution >= 4 is 17.6 Å². The van der Waals surface area contributed by atoms with Gasteiger partial charge in [-0.15, -0.1) is 0 Å². The predicted molar refractivity (Wildman–Crippen MR) is 122 cm³/mol. The van der Waals surface area contributed by atoms with Crippen molar-refractivity contribution in [2.24, 2.45) is 0 Å². The smallest absolute Gasteiger partial charge is 0.321 e. The fourth-order valence-corrected chi connectivity index (χ4v) is 3.87. The molecule has 1 aliphatic heterocycles. The Labute approximate surface area is 190 Å². The lowest BCUT2D eigenvalue weighted by atomic mass is 10.0. The molecular formula is C24H24FN5O3. The summed E-state index contributed by atoms with van der Waals surface area (Å²) in [5.74, 6) is -0.538. The van der Waals surface area contributed by atoms with Crippen molar-refractivity contribution in [1.29, 1.82) is 0 Å². The van der Waals surface area contributed by atoms with E-state index in [4.69, 9.17) is 0 Å². The van der Waals surface area contributed by atoms with E-state index >= 15 is 0 Å². The summed E-state index contributed by atoms with van der Waals surface area (Å²) in [4.78, 5) is 46.1. The Morgan fingerprint density at radius 3 is 2.48 bits per heavy atom. The molecule has 4 rings (SSSR count). The number of carbonyl (C=O) groups is 2. The van der Waals surface area contributed by atoms with Crippen LogP contribution in [0.5, 0.6) is 0 Å². The van der Waals surface area contributed by atoms with Crippen LogP contribution in [-0.4, -0.2) is 57.9 Å². The molecule has 0 saturated carbocycles. The van der Waals surface area contributed by atoms with Gasteiger partial charge in [0, 0.05) is 38.1 Å². The van der Waals surface area contributed by atoms with Gasteiger partial charge in [0.15, 0.2) is 0 Å². The number of likely N-dealkylation sites (tertiary alicyclic amines) is 1. The Balaban J connectivity index is 1.31. The number of halogens is 1. The Hall–Kier alpha value is -4.01. The van der Waals surface area contributed by atoms with E-state index in [-0.39, 0.29) is 35.1 Å². The van der Waals surface area contributed by atoms with Gasteiger partial charge in [-0.25, -0.2) is 14.2 Å². The Kier molecular flexibility index (Phi) is 6.48. The van der Waals surface area contributed by atoms with E-state index in [0.717, 1.165) is 17.3 Å². The molecule has 0 atom stereocenters. The van der Waals surface area contributed by atoms with Crippen molar-refractivity contribution in [3.8, 4) is 11.1 Å². The molecule has 0 bridgehead atoms. The number of rotatable bonds is 4. The quantitative estimate of drug-likeness (QED) is 0.638. The lowest BCUT2D eigenvalue weighted by Crippen LogP contribution is -2.48. The standard InChI is InChI=1S/C24H24FN5O3/c1-29(20-9-11-30(12-10-20)23(32)21-14-27-22(31)15-26-21)24(33)28-19-7-5-16(6-8-19)17-3-2-4-18(25)13-17/h2-8,13-15,20H,9-12H2,1H3,(H,27,31)(H,28,33). The van der Waals surface area contributed by atoms with E-state index in [1.165, 1.54) is 18.3 Å². The van der Waals surface area contributed by atoms with Crippen molar-refractivity contribution in [3.63, 3.8) is 0 Å². The number of anilines is 1. The number of aromatic nitrogens is 2. The number of aromatic amines is 1. The van der Waals surface area contributed by atoms with Gasteiger partial charge in [0.2, 0.25) is 0 Å². The van der Waals surface area contributed by atoms with E-state index in [2.05, 4.69) is 15.3 Å². The SMILES string of the molecule is CN(C(=O)Nc1ccc(-c2cccc(F)c2)cc1)C1CCN(C(=O)c2c[nH]c(=O)cn2)CC1. The third-order valence-electron chi connectivity index (χ3n) is 5.81. The molecule has 2 heterocycles. The van der Waals surface area contributed by atoms with Crippen LogP contribution >= 0.6 is 0 Å². The number of H-pyrrole nitrogens is 1. The summed E-state index contributed by atoms with van der Waals surface area (Å²) in [6.07, 6.45) is 3.67. The van der Waals surface area contributed by atoms with Crippen molar-refractivity contribution in [2.45, 2.75) is 18.9 Å². The van der Waals surface area contributed by atoms with Crippen LogP contribution in [0.15, 0.2) is 65.7 Å². The molecule has 3 aromatic rings. The lowest BCUT2D eigenvalue weighted by Gasteiger charge is -2.36. The number of amides is 3. The number of carbonyl (C=O) groups excluding carboxylic acids is 2. The third-order valence-corrected chi connectivity index (χ3v) is 5.81. The van der Waals surface area contributed by atoms with Crippen LogP contribution in [0.2, 0.25) is 0 Å². The van der Waals surface area contributed by atoms with Gasteiger partial charge in [0.05, 0.1) is 6.20 Å². The van der Waals surface area contributed by atoms with Gasteiger partial charge in [0.25, 0.3) is 11.5 Å². The molecule has 1 aromatic heterocycles. The predicted octanol–water partition coefficient (Wildman–Crippen LogP) is 3.34. The topological polar surface area (TPSA) is 98.4 Å². The van der Waals surface area contributed by atoms with Gasteiger partial charge < -0.3 is 20.1 Å². The lowest BCUT2D eigenvalue weighted by molar-refractivity contribution is 0.0665. The normalized spacial score (nSPS) is 14.1. The molecule has 170 valence electrons. The number of nitrogens with zero attached hydrogens (tertiary/aromatic N) is 3. The molecule has 0 unspecified atom stereocenters. The van der Waals surface area contributed by atoms with Crippen LogP contribution in [-0.2, 0) is 0 Å². The highest BCUT2D eigenvalue weighted by Gasteiger charge is 2.28. The van der Waals surface area contributed by atoms with E-state index in [1.54, 1.807) is 35.0 Å². The molecular weight excluding hydrogens is 425 g/mol. The highest BCUT2D eigenvalue weighted by molar-refractivity contribution is 5.92. The first kappa shape index (κ1) is 22.2. The molecule has 1 saturated heterocycles. The van der Waals surface area contributed by atoms with Crippen molar-refractivity contribution in [1.82, 2.24) is 19.8 Å². The fraction of sp³-hybridized carbons (Fsp3) is 0.250. The summed E-state index contributed by atoms with van der Waals surface area (Å²) >= 11 is 0. The Bertz CT molecular complexity index is 1180. The molecule has 1 fully saturated rings. The molecule has 1 aliphatic rings. The summed E-state index contributed by atoms with van der Waals surface area (Å²) in [5.41, 5.74) is 2.10. The maximum absolute atomic E-state index is 13.4. The third kappa shape index (κ3) is 5.25. The highest BCUT2D eigenvalue weighted by atomic mass is 19.1. The molecule has 2 N–H and O–H groups in total. The molecule has 8 nitrogen and oxygen atoms in total. The monoisotopic (exact) mass is 449 g/mol. The number of urea groups is 1. The minimum atomic E-state index is -0.360. The van der Waals surface area contributed by atoms with Crippen LogP contribution in [0.1, 0.15) is 23.3 Å². The van der Waals surface area contributed by atoms with Gasteiger partial charge in [0.1, 0.15) is 11.5 Å². The van der Waals surface area contributed by atoms with Crippen molar-refractivity contribution in [3.05, 3.63) is 82.8 Å². The Morgan fingerprint density at radius 2 is 1.85 bits per heavy atom. The van der Waals surface area contributed by atoms with E-state index < -0.39 is 0 Å². The maximum Gasteiger partial charge on any atom is 0.321 e. The molecule has 0 aliphatic carbocycles. The molecule has 0 spiro atoms. The second-order valence-electron chi connectivity index (χ2n) is 7.95. The summed E-state index contributed by atoms with van der Waals surface area (Å²) in [6.45, 7) is 0.981. The van der Waals surface area contributed by atoms with E-state index in [9.17, 15) is 18.8 Å². The average molecular weight is 449 g/mol. The minimum Gasteiger partial charge on any atom is -0.337 e. The summed E-state index contributed by atoms with van der Waals surface area (Å²) in [5, 5.41) is 2.88. The van der Waals surface area contributed by atoms with Gasteiger partial charge in [-0.05, 0) is 48.2 Å². The van der Waals surface area contributed by atoms with Crippen LogP contribution in [0, 0.1) is 5.82 Å². The van der Waals surface area contributed by atoms with Gasteiger partial charge in [-0.3, -0.25) is 9.59 Å². The van der Waals surface area contributed by atoms with Crippen LogP contribution < -0.4 is 10.9 Å². The first-order chi connectivity index (χ1) is 15.9. The second kappa shape index (κ2) is 9.64. The first-order valence-electron chi connectivity index (χ1n) is 10.6. The first-order valence-corrected chi connectivity index (χ1v) is 10.6. The van der Waals surface area contributed by atoms with Gasteiger partial charge >= 0.3 is 6.03 Å². The van der Waals surface area contributed by atoms with Crippen molar-refractivity contribution < 1.29 is 14.0 Å². The Morgan fingerprint density at radius 1 is 1.12 bits per heavy atom. The average Bonchev–Trinajstić information content (AvgIpc) is 2.84. The largest absolute Gasteiger partial charge is 0.337 e. The van der Waals surface area contributed by atoms with Gasteiger partial charge in [-0.2, -0.15) is 0 Å². The fourth-order valence-electron chi connectivity index (χ4n) is 3.87. The summed E-state index contributed by atoms with van der Waals surface area (Å²) < 4.78 is 13.4. The number of hydrogen-bond donors (Lipinski definition) is 2. The molecule has 0 radical (unpaired) electrons. The van der Waals surface area contributed by atoms with Gasteiger partial charge in [-0.1, -0.05) is 24.3 Å². The number of benzene rings is 2. The number of hydrogen-bond acceptors (Lipinski definition) is 4. The number of piperidine rings is 1. The van der Waals surface area contributed by atoms with Crippen molar-refractivity contribution in [2.75, 3.05) is 25.5 Å².